The van der Waals surface area contributed by atoms with Crippen LogP contribution in [0.2, 0.25) is 0 Å². The summed E-state index contributed by atoms with van der Waals surface area (Å²) in [5, 5.41) is 10.6. The van der Waals surface area contributed by atoms with Crippen LogP contribution < -0.4 is 11.1 Å². The third-order valence-electron chi connectivity index (χ3n) is 2.31. The van der Waals surface area contributed by atoms with Gasteiger partial charge in [0.2, 0.25) is 5.91 Å². The molecule has 0 saturated heterocycles. The van der Waals surface area contributed by atoms with Crippen molar-refractivity contribution in [2.45, 2.75) is 39.3 Å². The predicted molar refractivity (Wildman–Crippen MR) is 60.7 cm³/mol. The first-order valence-corrected chi connectivity index (χ1v) is 5.54. The molecule has 0 fully saturated rings. The second-order valence-electron chi connectivity index (χ2n) is 3.82. The van der Waals surface area contributed by atoms with Crippen molar-refractivity contribution in [1.29, 1.82) is 0 Å². The number of rotatable bonds is 6. The lowest BCUT2D eigenvalue weighted by molar-refractivity contribution is -0.122. The molecule has 1 heterocycles. The van der Waals surface area contributed by atoms with Gasteiger partial charge >= 0.3 is 0 Å². The van der Waals surface area contributed by atoms with Crippen molar-refractivity contribution < 1.29 is 4.79 Å². The van der Waals surface area contributed by atoms with Gasteiger partial charge in [-0.1, -0.05) is 12.1 Å². The monoisotopic (exact) mass is 225 g/mol. The molecule has 1 aromatic rings. The highest BCUT2D eigenvalue weighted by molar-refractivity contribution is 5.75. The average molecular weight is 225 g/mol. The number of aromatic nitrogens is 3. The summed E-state index contributed by atoms with van der Waals surface area (Å²) in [6, 6.07) is 0.194. The number of carbonyl (C=O) groups is 1. The molecule has 0 aliphatic rings. The first-order valence-electron chi connectivity index (χ1n) is 5.54. The molecule has 3 N–H and O–H groups in total. The minimum Gasteiger partial charge on any atom is -0.352 e. The Morgan fingerprint density at radius 1 is 1.69 bits per heavy atom. The molecular weight excluding hydrogens is 206 g/mol. The number of nitrogens with two attached hydrogens (primary N) is 1. The number of amides is 1. The molecule has 1 atom stereocenters. The normalized spacial score (nSPS) is 12.4. The maximum absolute atomic E-state index is 11.5. The fourth-order valence-corrected chi connectivity index (χ4v) is 1.25. The minimum atomic E-state index is -0.0430. The molecule has 0 aromatic carbocycles. The van der Waals surface area contributed by atoms with E-state index >= 15 is 0 Å². The summed E-state index contributed by atoms with van der Waals surface area (Å²) in [4.78, 5) is 11.5. The summed E-state index contributed by atoms with van der Waals surface area (Å²) in [5.41, 5.74) is 6.22. The fraction of sp³-hybridized carbons (Fsp3) is 0.700. The van der Waals surface area contributed by atoms with Crippen LogP contribution in [0.25, 0.3) is 0 Å². The lowest BCUT2D eigenvalue weighted by Crippen LogP contribution is -2.34. The van der Waals surface area contributed by atoms with Crippen LogP contribution in [-0.4, -0.2) is 33.5 Å². The van der Waals surface area contributed by atoms with E-state index in [4.69, 9.17) is 5.73 Å². The van der Waals surface area contributed by atoms with Crippen LogP contribution in [0, 0.1) is 0 Å². The van der Waals surface area contributed by atoms with E-state index in [-0.39, 0.29) is 18.5 Å². The zero-order valence-electron chi connectivity index (χ0n) is 9.81. The van der Waals surface area contributed by atoms with Gasteiger partial charge in [-0.2, -0.15) is 0 Å². The Bertz CT molecular complexity index is 336. The molecule has 6 nitrogen and oxygen atoms in total. The molecule has 0 bridgehead atoms. The van der Waals surface area contributed by atoms with Crippen LogP contribution in [0.1, 0.15) is 26.0 Å². The molecule has 90 valence electrons. The number of hydrogen-bond acceptors (Lipinski definition) is 4. The van der Waals surface area contributed by atoms with Gasteiger partial charge < -0.3 is 11.1 Å². The first kappa shape index (κ1) is 12.6. The highest BCUT2D eigenvalue weighted by Gasteiger charge is 2.07. The van der Waals surface area contributed by atoms with Crippen molar-refractivity contribution >= 4 is 5.91 Å². The van der Waals surface area contributed by atoms with E-state index in [0.717, 1.165) is 12.1 Å². The maximum atomic E-state index is 11.5. The molecule has 0 aliphatic carbocycles. The Morgan fingerprint density at radius 2 is 2.44 bits per heavy atom. The Kier molecular flexibility index (Phi) is 4.91. The summed E-state index contributed by atoms with van der Waals surface area (Å²) in [6.45, 7) is 4.75. The standard InChI is InChI=1S/C10H19N5O/c1-3-8(2)12-10(16)7-15-6-9(4-5-11)13-14-15/h6,8H,3-5,7,11H2,1-2H3,(H,12,16). The van der Waals surface area contributed by atoms with E-state index < -0.39 is 0 Å². The summed E-state index contributed by atoms with van der Waals surface area (Å²) in [5.74, 6) is -0.0430. The molecule has 0 radical (unpaired) electrons. The fourth-order valence-electron chi connectivity index (χ4n) is 1.25. The van der Waals surface area contributed by atoms with Gasteiger partial charge in [-0.3, -0.25) is 4.79 Å². The zero-order chi connectivity index (χ0) is 12.0. The molecule has 1 amide bonds. The molecule has 1 aromatic heterocycles. The summed E-state index contributed by atoms with van der Waals surface area (Å²) in [6.07, 6.45) is 3.36. The van der Waals surface area contributed by atoms with Gasteiger partial charge in [-0.15, -0.1) is 5.10 Å². The van der Waals surface area contributed by atoms with Gasteiger partial charge in [0.05, 0.1) is 5.69 Å². The number of nitrogens with zero attached hydrogens (tertiary/aromatic N) is 3. The third-order valence-corrected chi connectivity index (χ3v) is 2.31. The second-order valence-corrected chi connectivity index (χ2v) is 3.82. The Morgan fingerprint density at radius 3 is 3.06 bits per heavy atom. The lowest BCUT2D eigenvalue weighted by Gasteiger charge is -2.10. The van der Waals surface area contributed by atoms with Crippen LogP contribution >= 0.6 is 0 Å². The summed E-state index contributed by atoms with van der Waals surface area (Å²) >= 11 is 0. The molecule has 1 rings (SSSR count). The highest BCUT2D eigenvalue weighted by Crippen LogP contribution is 1.94. The van der Waals surface area contributed by atoms with Crippen molar-refractivity contribution in [1.82, 2.24) is 20.3 Å². The molecule has 0 aliphatic heterocycles. The van der Waals surface area contributed by atoms with Crippen LogP contribution in [0.4, 0.5) is 0 Å². The molecular formula is C10H19N5O. The van der Waals surface area contributed by atoms with Gasteiger partial charge in [-0.05, 0) is 19.9 Å². The van der Waals surface area contributed by atoms with E-state index in [2.05, 4.69) is 15.6 Å². The van der Waals surface area contributed by atoms with Crippen molar-refractivity contribution in [3.63, 3.8) is 0 Å². The van der Waals surface area contributed by atoms with Crippen LogP contribution in [0.15, 0.2) is 6.20 Å². The van der Waals surface area contributed by atoms with E-state index in [1.807, 2.05) is 13.8 Å². The molecule has 1 unspecified atom stereocenters. The van der Waals surface area contributed by atoms with Gasteiger partial charge in [0.1, 0.15) is 6.54 Å². The first-order chi connectivity index (χ1) is 7.65. The topological polar surface area (TPSA) is 85.8 Å². The quantitative estimate of drug-likeness (QED) is 0.695. The molecule has 0 saturated carbocycles. The number of carbonyl (C=O) groups excluding carboxylic acids is 1. The smallest absolute Gasteiger partial charge is 0.242 e. The highest BCUT2D eigenvalue weighted by atomic mass is 16.2. The van der Waals surface area contributed by atoms with Crippen molar-refractivity contribution in [3.8, 4) is 0 Å². The molecule has 16 heavy (non-hydrogen) atoms. The predicted octanol–water partition coefficient (Wildman–Crippen LogP) is -0.306. The maximum Gasteiger partial charge on any atom is 0.242 e. The number of hydrogen-bond donors (Lipinski definition) is 2. The minimum absolute atomic E-state index is 0.0430. The molecule has 0 spiro atoms. The van der Waals surface area contributed by atoms with Gasteiger partial charge in [0.15, 0.2) is 0 Å². The lowest BCUT2D eigenvalue weighted by atomic mass is 10.2. The van der Waals surface area contributed by atoms with Gasteiger partial charge in [0, 0.05) is 18.7 Å². The Balaban J connectivity index is 2.43. The Labute approximate surface area is 95.2 Å². The summed E-state index contributed by atoms with van der Waals surface area (Å²) < 4.78 is 1.53. The third kappa shape index (κ3) is 3.98. The SMILES string of the molecule is CCC(C)NC(=O)Cn1cc(CCN)nn1. The zero-order valence-corrected chi connectivity index (χ0v) is 9.81. The van der Waals surface area contributed by atoms with Crippen molar-refractivity contribution in [2.24, 2.45) is 5.73 Å². The van der Waals surface area contributed by atoms with Crippen LogP contribution in [0.3, 0.4) is 0 Å². The molecule has 6 heteroatoms. The summed E-state index contributed by atoms with van der Waals surface area (Å²) in [7, 11) is 0. The largest absolute Gasteiger partial charge is 0.352 e. The van der Waals surface area contributed by atoms with Crippen molar-refractivity contribution in [2.75, 3.05) is 6.54 Å². The van der Waals surface area contributed by atoms with E-state index in [1.54, 1.807) is 6.20 Å². The van der Waals surface area contributed by atoms with Crippen LogP contribution in [0.5, 0.6) is 0 Å². The Hall–Kier alpha value is -1.43. The van der Waals surface area contributed by atoms with Gasteiger partial charge in [-0.25, -0.2) is 4.68 Å². The average Bonchev–Trinajstić information content (AvgIpc) is 2.65. The van der Waals surface area contributed by atoms with E-state index in [1.165, 1.54) is 4.68 Å². The van der Waals surface area contributed by atoms with Crippen LogP contribution in [-0.2, 0) is 17.8 Å². The second kappa shape index (κ2) is 6.22. The van der Waals surface area contributed by atoms with Crippen molar-refractivity contribution in [3.05, 3.63) is 11.9 Å². The van der Waals surface area contributed by atoms with E-state index in [9.17, 15) is 4.79 Å². The van der Waals surface area contributed by atoms with Gasteiger partial charge in [0.25, 0.3) is 0 Å². The van der Waals surface area contributed by atoms with E-state index in [0.29, 0.717) is 13.0 Å². The number of nitrogens with one attached hydrogen (secondary N) is 1.